The van der Waals surface area contributed by atoms with Crippen LogP contribution in [0.1, 0.15) is 18.4 Å². The van der Waals surface area contributed by atoms with Crippen LogP contribution in [-0.4, -0.2) is 34.8 Å². The van der Waals surface area contributed by atoms with Crippen LogP contribution >= 0.6 is 11.8 Å². The van der Waals surface area contributed by atoms with Crippen molar-refractivity contribution in [2.24, 2.45) is 5.41 Å². The molecular weight excluding hydrogens is 296 g/mol. The zero-order valence-corrected chi connectivity index (χ0v) is 12.2. The van der Waals surface area contributed by atoms with Crippen molar-refractivity contribution >= 4 is 23.6 Å². The van der Waals surface area contributed by atoms with Crippen molar-refractivity contribution in [1.82, 2.24) is 4.90 Å². The Labute approximate surface area is 125 Å². The summed E-state index contributed by atoms with van der Waals surface area (Å²) in [6, 6.07) is 3.65. The molecule has 3 rings (SSSR count). The molecule has 0 aliphatic carbocycles. The van der Waals surface area contributed by atoms with E-state index in [1.165, 1.54) is 11.0 Å². The van der Waals surface area contributed by atoms with Gasteiger partial charge in [0.15, 0.2) is 11.6 Å². The number of amides is 2. The SMILES string of the molecule is O=C1C[C@@]2(CCSC2)C(=O)N1CCc1ccc(F)c(F)c1. The summed E-state index contributed by atoms with van der Waals surface area (Å²) < 4.78 is 26.0. The minimum absolute atomic E-state index is 0.0971. The Morgan fingerprint density at radius 1 is 1.24 bits per heavy atom. The number of imide groups is 1. The van der Waals surface area contributed by atoms with E-state index in [2.05, 4.69) is 0 Å². The predicted octanol–water partition coefficient (Wildman–Crippen LogP) is 2.39. The molecule has 6 heteroatoms. The molecule has 2 aliphatic heterocycles. The summed E-state index contributed by atoms with van der Waals surface area (Å²) in [4.78, 5) is 25.8. The quantitative estimate of drug-likeness (QED) is 0.804. The van der Waals surface area contributed by atoms with Crippen LogP contribution < -0.4 is 0 Å². The Morgan fingerprint density at radius 3 is 2.71 bits per heavy atom. The third kappa shape index (κ3) is 2.57. The van der Waals surface area contributed by atoms with Crippen molar-refractivity contribution in [1.29, 1.82) is 0 Å². The standard InChI is InChI=1S/C15H15F2NO2S/c16-11-2-1-10(7-12(11)17)3-5-18-13(19)8-15(14(18)20)4-6-21-9-15/h1-2,7H,3-6,8-9H2/t15-/m1/s1. The lowest BCUT2D eigenvalue weighted by molar-refractivity contribution is -0.140. The summed E-state index contributed by atoms with van der Waals surface area (Å²) >= 11 is 1.71. The number of hydrogen-bond acceptors (Lipinski definition) is 3. The van der Waals surface area contributed by atoms with Crippen LogP contribution in [0.25, 0.3) is 0 Å². The molecule has 0 saturated carbocycles. The maximum atomic E-state index is 13.1. The lowest BCUT2D eigenvalue weighted by Gasteiger charge is -2.20. The van der Waals surface area contributed by atoms with Crippen LogP contribution in [0.5, 0.6) is 0 Å². The Morgan fingerprint density at radius 2 is 2.05 bits per heavy atom. The number of thioether (sulfide) groups is 1. The number of carbonyl (C=O) groups excluding carboxylic acids is 2. The number of nitrogens with zero attached hydrogens (tertiary/aromatic N) is 1. The average molecular weight is 311 g/mol. The van der Waals surface area contributed by atoms with E-state index in [-0.39, 0.29) is 24.8 Å². The van der Waals surface area contributed by atoms with Gasteiger partial charge >= 0.3 is 0 Å². The molecule has 1 aromatic rings. The highest BCUT2D eigenvalue weighted by Crippen LogP contribution is 2.44. The number of carbonyl (C=O) groups is 2. The molecule has 1 atom stereocenters. The van der Waals surface area contributed by atoms with Crippen LogP contribution in [0, 0.1) is 17.0 Å². The lowest BCUT2D eigenvalue weighted by Crippen LogP contribution is -2.37. The van der Waals surface area contributed by atoms with Gasteiger partial charge in [-0.15, -0.1) is 0 Å². The second-order valence-electron chi connectivity index (χ2n) is 5.61. The molecule has 2 heterocycles. The van der Waals surface area contributed by atoms with Crippen LogP contribution in [0.2, 0.25) is 0 Å². The van der Waals surface area contributed by atoms with Crippen LogP contribution in [0.3, 0.4) is 0 Å². The summed E-state index contributed by atoms with van der Waals surface area (Å²) in [5.41, 5.74) is 0.0757. The number of hydrogen-bond donors (Lipinski definition) is 0. The molecule has 0 aromatic heterocycles. The summed E-state index contributed by atoms with van der Waals surface area (Å²) in [5, 5.41) is 0. The molecule has 1 aromatic carbocycles. The fraction of sp³-hybridized carbons (Fsp3) is 0.467. The smallest absolute Gasteiger partial charge is 0.236 e. The van der Waals surface area contributed by atoms with E-state index in [1.54, 1.807) is 11.8 Å². The van der Waals surface area contributed by atoms with Crippen molar-refractivity contribution in [3.63, 3.8) is 0 Å². The topological polar surface area (TPSA) is 37.4 Å². The van der Waals surface area contributed by atoms with Gasteiger partial charge in [-0.05, 0) is 36.3 Å². The number of benzene rings is 1. The van der Waals surface area contributed by atoms with Gasteiger partial charge in [-0.2, -0.15) is 11.8 Å². The van der Waals surface area contributed by atoms with Gasteiger partial charge < -0.3 is 0 Å². The van der Waals surface area contributed by atoms with E-state index < -0.39 is 17.0 Å². The number of rotatable bonds is 3. The fourth-order valence-electron chi connectivity index (χ4n) is 2.94. The Hall–Kier alpha value is -1.43. The van der Waals surface area contributed by atoms with Gasteiger partial charge in [-0.25, -0.2) is 8.78 Å². The summed E-state index contributed by atoms with van der Waals surface area (Å²) in [6.07, 6.45) is 1.39. The highest BCUT2D eigenvalue weighted by molar-refractivity contribution is 7.99. The number of likely N-dealkylation sites (tertiary alicyclic amines) is 1. The molecule has 21 heavy (non-hydrogen) atoms. The van der Waals surface area contributed by atoms with Gasteiger partial charge in [0.1, 0.15) is 0 Å². The van der Waals surface area contributed by atoms with E-state index >= 15 is 0 Å². The molecule has 112 valence electrons. The lowest BCUT2D eigenvalue weighted by atomic mass is 9.86. The minimum Gasteiger partial charge on any atom is -0.282 e. The van der Waals surface area contributed by atoms with Gasteiger partial charge in [-0.1, -0.05) is 6.07 Å². The van der Waals surface area contributed by atoms with E-state index in [1.807, 2.05) is 0 Å². The molecule has 2 amide bonds. The van der Waals surface area contributed by atoms with Crippen LogP contribution in [-0.2, 0) is 16.0 Å². The summed E-state index contributed by atoms with van der Waals surface area (Å²) in [7, 11) is 0. The van der Waals surface area contributed by atoms with Crippen LogP contribution in [0.15, 0.2) is 18.2 Å². The second-order valence-corrected chi connectivity index (χ2v) is 6.71. The normalized spacial score (nSPS) is 25.3. The zero-order chi connectivity index (χ0) is 15.0. The molecule has 3 nitrogen and oxygen atoms in total. The molecule has 0 bridgehead atoms. The maximum absolute atomic E-state index is 13.1. The van der Waals surface area contributed by atoms with Crippen molar-refractivity contribution in [2.45, 2.75) is 19.3 Å². The second kappa shape index (κ2) is 5.40. The van der Waals surface area contributed by atoms with E-state index in [0.29, 0.717) is 17.7 Å². The van der Waals surface area contributed by atoms with Crippen molar-refractivity contribution in [2.75, 3.05) is 18.1 Å². The van der Waals surface area contributed by atoms with E-state index in [4.69, 9.17) is 0 Å². The van der Waals surface area contributed by atoms with Gasteiger partial charge in [0.2, 0.25) is 11.8 Å². The third-order valence-electron chi connectivity index (χ3n) is 4.20. The largest absolute Gasteiger partial charge is 0.282 e. The van der Waals surface area contributed by atoms with Gasteiger partial charge in [0.05, 0.1) is 5.41 Å². The monoisotopic (exact) mass is 311 g/mol. The fourth-order valence-corrected chi connectivity index (χ4v) is 4.38. The predicted molar refractivity (Wildman–Crippen MR) is 75.8 cm³/mol. The molecule has 0 N–H and O–H groups in total. The molecular formula is C15H15F2NO2S. The molecule has 2 aliphatic rings. The maximum Gasteiger partial charge on any atom is 0.236 e. The Balaban J connectivity index is 1.69. The Bertz CT molecular complexity index is 599. The molecule has 2 saturated heterocycles. The van der Waals surface area contributed by atoms with E-state index in [9.17, 15) is 18.4 Å². The van der Waals surface area contributed by atoms with Gasteiger partial charge in [0.25, 0.3) is 0 Å². The zero-order valence-electron chi connectivity index (χ0n) is 11.4. The highest BCUT2D eigenvalue weighted by Gasteiger charge is 2.52. The number of halogens is 2. The minimum atomic E-state index is -0.907. The van der Waals surface area contributed by atoms with Crippen molar-refractivity contribution in [3.05, 3.63) is 35.4 Å². The highest BCUT2D eigenvalue weighted by atomic mass is 32.2. The Kier molecular flexibility index (Phi) is 3.73. The van der Waals surface area contributed by atoms with Crippen molar-refractivity contribution < 1.29 is 18.4 Å². The first-order valence-electron chi connectivity index (χ1n) is 6.88. The third-order valence-corrected chi connectivity index (χ3v) is 5.45. The average Bonchev–Trinajstić information content (AvgIpc) is 3.00. The molecule has 0 unspecified atom stereocenters. The summed E-state index contributed by atoms with van der Waals surface area (Å²) in [5.74, 6) is -0.427. The molecule has 0 radical (unpaired) electrons. The summed E-state index contributed by atoms with van der Waals surface area (Å²) in [6.45, 7) is 0.231. The first-order chi connectivity index (χ1) is 10.0. The van der Waals surface area contributed by atoms with Crippen LogP contribution in [0.4, 0.5) is 8.78 Å². The first-order valence-corrected chi connectivity index (χ1v) is 8.04. The molecule has 2 fully saturated rings. The first kappa shape index (κ1) is 14.5. The van der Waals surface area contributed by atoms with E-state index in [0.717, 1.165) is 24.3 Å². The van der Waals surface area contributed by atoms with Crippen molar-refractivity contribution in [3.8, 4) is 0 Å². The van der Waals surface area contributed by atoms with Gasteiger partial charge in [0, 0.05) is 18.7 Å². The molecule has 1 spiro atoms. The van der Waals surface area contributed by atoms with Gasteiger partial charge in [-0.3, -0.25) is 14.5 Å².